The molecule has 0 aromatic rings. The molecule has 0 saturated carbocycles. The normalized spacial score (nSPS) is 33.9. The van der Waals surface area contributed by atoms with E-state index >= 15 is 0 Å². The number of urea groups is 1. The first-order valence-corrected chi connectivity index (χ1v) is 8.08. The molecule has 0 aliphatic carbocycles. The number of hydrogen-bond donors (Lipinski definition) is 1. The Bertz CT molecular complexity index is 428. The minimum absolute atomic E-state index is 0.0666. The van der Waals surface area contributed by atoms with Gasteiger partial charge in [0.05, 0.1) is 0 Å². The first-order valence-electron chi connectivity index (χ1n) is 8.08. The van der Waals surface area contributed by atoms with Crippen molar-refractivity contribution in [3.63, 3.8) is 0 Å². The molecule has 0 radical (unpaired) electrons. The molecule has 3 saturated heterocycles. The zero-order chi connectivity index (χ0) is 15.0. The molecule has 3 aliphatic heterocycles. The molecular weight excluding hydrogens is 270 g/mol. The summed E-state index contributed by atoms with van der Waals surface area (Å²) < 4.78 is 0. The Morgan fingerprint density at radius 1 is 1.00 bits per heavy atom. The summed E-state index contributed by atoms with van der Waals surface area (Å²) >= 11 is 0. The quantitative estimate of drug-likeness (QED) is 0.790. The predicted molar refractivity (Wildman–Crippen MR) is 78.1 cm³/mol. The van der Waals surface area contributed by atoms with Gasteiger partial charge >= 0.3 is 12.0 Å². The zero-order valence-corrected chi connectivity index (χ0v) is 12.7. The number of likely N-dealkylation sites (N-methyl/N-ethyl adjacent to an activating group) is 1. The van der Waals surface area contributed by atoms with Gasteiger partial charge in [0, 0.05) is 31.7 Å². The van der Waals surface area contributed by atoms with E-state index in [2.05, 4.69) is 11.9 Å². The third kappa shape index (κ3) is 2.73. The second-order valence-corrected chi connectivity index (χ2v) is 6.61. The molecule has 3 unspecified atom stereocenters. The van der Waals surface area contributed by atoms with Crippen molar-refractivity contribution < 1.29 is 14.7 Å². The zero-order valence-electron chi connectivity index (χ0n) is 12.7. The van der Waals surface area contributed by atoms with Crippen LogP contribution < -0.4 is 0 Å². The molecule has 3 aliphatic rings. The number of fused-ring (bicyclic) bond motifs is 2. The first-order chi connectivity index (χ1) is 10.1. The van der Waals surface area contributed by atoms with Crippen molar-refractivity contribution in [1.29, 1.82) is 0 Å². The SMILES string of the molecule is CN1C2CCC1CN(C(=O)N1CCCCC1C(=O)O)CC2. The highest BCUT2D eigenvalue weighted by Gasteiger charge is 2.39. The van der Waals surface area contributed by atoms with Crippen LogP contribution in [-0.2, 0) is 4.79 Å². The molecule has 6 nitrogen and oxygen atoms in total. The number of piperidine rings is 1. The third-order valence-corrected chi connectivity index (χ3v) is 5.45. The fourth-order valence-corrected chi connectivity index (χ4v) is 4.08. The van der Waals surface area contributed by atoms with Crippen LogP contribution >= 0.6 is 0 Å². The van der Waals surface area contributed by atoms with Gasteiger partial charge in [0.2, 0.25) is 0 Å². The Hall–Kier alpha value is -1.30. The first kappa shape index (κ1) is 14.6. The molecule has 0 aromatic heterocycles. The molecule has 2 bridgehead atoms. The van der Waals surface area contributed by atoms with Crippen LogP contribution in [0.5, 0.6) is 0 Å². The van der Waals surface area contributed by atoms with Crippen LogP contribution in [0, 0.1) is 0 Å². The van der Waals surface area contributed by atoms with E-state index < -0.39 is 12.0 Å². The Labute approximate surface area is 125 Å². The number of aliphatic carboxylic acids is 1. The highest BCUT2D eigenvalue weighted by atomic mass is 16.4. The highest BCUT2D eigenvalue weighted by molar-refractivity contribution is 5.83. The van der Waals surface area contributed by atoms with E-state index in [-0.39, 0.29) is 6.03 Å². The molecule has 3 heterocycles. The predicted octanol–water partition coefficient (Wildman–Crippen LogP) is 1.21. The van der Waals surface area contributed by atoms with Crippen molar-refractivity contribution in [1.82, 2.24) is 14.7 Å². The number of rotatable bonds is 1. The molecule has 118 valence electrons. The minimum atomic E-state index is -0.864. The number of likely N-dealkylation sites (tertiary alicyclic amines) is 2. The van der Waals surface area contributed by atoms with Crippen LogP contribution in [-0.4, -0.2) is 76.6 Å². The van der Waals surface area contributed by atoms with E-state index in [1.807, 2.05) is 4.90 Å². The average Bonchev–Trinajstić information content (AvgIpc) is 2.71. The molecule has 3 atom stereocenters. The maximum atomic E-state index is 12.8. The molecule has 1 N–H and O–H groups in total. The van der Waals surface area contributed by atoms with Gasteiger partial charge in [0.15, 0.2) is 0 Å². The van der Waals surface area contributed by atoms with Gasteiger partial charge in [-0.3, -0.25) is 4.90 Å². The van der Waals surface area contributed by atoms with Crippen LogP contribution in [0.15, 0.2) is 0 Å². The summed E-state index contributed by atoms with van der Waals surface area (Å²) in [5, 5.41) is 9.34. The van der Waals surface area contributed by atoms with Crippen LogP contribution in [0.25, 0.3) is 0 Å². The average molecular weight is 295 g/mol. The van der Waals surface area contributed by atoms with Gasteiger partial charge in [0.25, 0.3) is 0 Å². The number of nitrogens with zero attached hydrogens (tertiary/aromatic N) is 3. The second-order valence-electron chi connectivity index (χ2n) is 6.61. The molecule has 3 fully saturated rings. The molecule has 21 heavy (non-hydrogen) atoms. The smallest absolute Gasteiger partial charge is 0.326 e. The number of carbonyl (C=O) groups excluding carboxylic acids is 1. The molecular formula is C15H25N3O3. The van der Waals surface area contributed by atoms with Gasteiger partial charge in [-0.15, -0.1) is 0 Å². The number of amides is 2. The second kappa shape index (κ2) is 5.83. The van der Waals surface area contributed by atoms with Crippen molar-refractivity contribution >= 4 is 12.0 Å². The summed E-state index contributed by atoms with van der Waals surface area (Å²) in [5.74, 6) is -0.864. The molecule has 2 amide bonds. The molecule has 0 aromatic carbocycles. The Morgan fingerprint density at radius 2 is 1.76 bits per heavy atom. The van der Waals surface area contributed by atoms with E-state index in [1.54, 1.807) is 4.90 Å². The van der Waals surface area contributed by atoms with Crippen LogP contribution in [0.3, 0.4) is 0 Å². The van der Waals surface area contributed by atoms with E-state index in [1.165, 1.54) is 6.42 Å². The van der Waals surface area contributed by atoms with Gasteiger partial charge in [-0.2, -0.15) is 0 Å². The topological polar surface area (TPSA) is 64.1 Å². The van der Waals surface area contributed by atoms with Gasteiger partial charge in [0.1, 0.15) is 6.04 Å². The summed E-state index contributed by atoms with van der Waals surface area (Å²) in [6, 6.07) is 0.325. The fraction of sp³-hybridized carbons (Fsp3) is 0.867. The number of carbonyl (C=O) groups is 2. The fourth-order valence-electron chi connectivity index (χ4n) is 4.08. The van der Waals surface area contributed by atoms with E-state index in [9.17, 15) is 14.7 Å². The Balaban J connectivity index is 1.70. The van der Waals surface area contributed by atoms with Gasteiger partial charge < -0.3 is 14.9 Å². The van der Waals surface area contributed by atoms with Crippen molar-refractivity contribution in [2.24, 2.45) is 0 Å². The number of hydrogen-bond acceptors (Lipinski definition) is 3. The van der Waals surface area contributed by atoms with Crippen molar-refractivity contribution in [3.05, 3.63) is 0 Å². The van der Waals surface area contributed by atoms with Crippen LogP contribution in [0.4, 0.5) is 4.79 Å². The summed E-state index contributed by atoms with van der Waals surface area (Å²) in [4.78, 5) is 30.0. The highest BCUT2D eigenvalue weighted by Crippen LogP contribution is 2.29. The third-order valence-electron chi connectivity index (χ3n) is 5.45. The van der Waals surface area contributed by atoms with Crippen molar-refractivity contribution in [3.8, 4) is 0 Å². The lowest BCUT2D eigenvalue weighted by Crippen LogP contribution is -2.54. The summed E-state index contributed by atoms with van der Waals surface area (Å²) in [5.41, 5.74) is 0. The number of carboxylic acids is 1. The number of carboxylic acid groups (broad SMARTS) is 1. The molecule has 6 heteroatoms. The minimum Gasteiger partial charge on any atom is -0.480 e. The van der Waals surface area contributed by atoms with Crippen LogP contribution in [0.1, 0.15) is 38.5 Å². The Kier molecular flexibility index (Phi) is 4.06. The standard InChI is InChI=1S/C15H25N3O3/c1-16-11-5-6-12(16)10-17(9-7-11)15(21)18-8-3-2-4-13(18)14(19)20/h11-13H,2-10H2,1H3,(H,19,20). The van der Waals surface area contributed by atoms with E-state index in [0.717, 1.165) is 38.8 Å². The maximum absolute atomic E-state index is 12.8. The van der Waals surface area contributed by atoms with E-state index in [4.69, 9.17) is 0 Å². The molecule has 3 rings (SSSR count). The van der Waals surface area contributed by atoms with Crippen molar-refractivity contribution in [2.75, 3.05) is 26.7 Å². The maximum Gasteiger partial charge on any atom is 0.326 e. The van der Waals surface area contributed by atoms with Crippen LogP contribution in [0.2, 0.25) is 0 Å². The Morgan fingerprint density at radius 3 is 2.52 bits per heavy atom. The largest absolute Gasteiger partial charge is 0.480 e. The lowest BCUT2D eigenvalue weighted by molar-refractivity contribution is -0.143. The molecule has 0 spiro atoms. The van der Waals surface area contributed by atoms with Gasteiger partial charge in [-0.25, -0.2) is 9.59 Å². The van der Waals surface area contributed by atoms with Gasteiger partial charge in [-0.05, 0) is 45.6 Å². The summed E-state index contributed by atoms with van der Waals surface area (Å²) in [6.45, 7) is 2.08. The lowest BCUT2D eigenvalue weighted by atomic mass is 10.0. The van der Waals surface area contributed by atoms with E-state index in [0.29, 0.717) is 25.0 Å². The summed E-state index contributed by atoms with van der Waals surface area (Å²) in [6.07, 6.45) is 5.77. The summed E-state index contributed by atoms with van der Waals surface area (Å²) in [7, 11) is 2.15. The van der Waals surface area contributed by atoms with Gasteiger partial charge in [-0.1, -0.05) is 0 Å². The lowest BCUT2D eigenvalue weighted by Gasteiger charge is -2.37. The monoisotopic (exact) mass is 295 g/mol. The van der Waals surface area contributed by atoms with Crippen molar-refractivity contribution in [2.45, 2.75) is 56.7 Å².